The summed E-state index contributed by atoms with van der Waals surface area (Å²) in [6, 6.07) is 0. The lowest BCUT2D eigenvalue weighted by atomic mass is 10.0. The van der Waals surface area contributed by atoms with Crippen molar-refractivity contribution in [2.24, 2.45) is 5.92 Å². The monoisotopic (exact) mass is 315 g/mol. The highest BCUT2D eigenvalue weighted by molar-refractivity contribution is 7.89. The molecule has 0 spiro atoms. The fourth-order valence-electron chi connectivity index (χ4n) is 2.69. The number of hydrogen-bond acceptors (Lipinski definition) is 4. The molecule has 0 aliphatic heterocycles. The van der Waals surface area contributed by atoms with E-state index in [9.17, 15) is 13.2 Å². The lowest BCUT2D eigenvalue weighted by Crippen LogP contribution is -2.24. The Hall–Kier alpha value is -1.41. The molecule has 0 unspecified atom stereocenters. The Bertz CT molecular complexity index is 576. The van der Waals surface area contributed by atoms with Gasteiger partial charge < -0.3 is 5.11 Å². The summed E-state index contributed by atoms with van der Waals surface area (Å²) >= 11 is 0. The number of sulfonamides is 1. The van der Waals surface area contributed by atoms with Gasteiger partial charge in [0.25, 0.3) is 0 Å². The number of carboxylic acid groups (broad SMARTS) is 1. The number of hydrogen-bond donors (Lipinski definition) is 2. The molecule has 0 atom stereocenters. The molecule has 0 bridgehead atoms. The Balaban J connectivity index is 1.80. The lowest BCUT2D eigenvalue weighted by Gasteiger charge is -2.09. The van der Waals surface area contributed by atoms with E-state index in [4.69, 9.17) is 5.11 Å². The summed E-state index contributed by atoms with van der Waals surface area (Å²) in [5.74, 6) is -0.320. The van der Waals surface area contributed by atoms with Gasteiger partial charge in [0.15, 0.2) is 0 Å². The number of nitrogens with zero attached hydrogens (tertiary/aromatic N) is 2. The third kappa shape index (κ3) is 4.82. The normalized spacial score (nSPS) is 16.4. The van der Waals surface area contributed by atoms with Gasteiger partial charge in [0, 0.05) is 12.7 Å². The molecule has 2 rings (SSSR count). The van der Waals surface area contributed by atoms with E-state index >= 15 is 0 Å². The van der Waals surface area contributed by atoms with Crippen molar-refractivity contribution < 1.29 is 18.3 Å². The standard InChI is InChI=1S/C13H21N3O4S/c17-13(18)10-16-9-12(8-14-16)21(19,20)15-7-3-6-11-4-1-2-5-11/h8-9,11,15H,1-7,10H2,(H,17,18). The van der Waals surface area contributed by atoms with Gasteiger partial charge in [0.1, 0.15) is 11.4 Å². The van der Waals surface area contributed by atoms with Gasteiger partial charge in [0.2, 0.25) is 10.0 Å². The predicted molar refractivity (Wildman–Crippen MR) is 76.2 cm³/mol. The number of nitrogens with one attached hydrogen (secondary N) is 1. The van der Waals surface area contributed by atoms with Crippen molar-refractivity contribution in [3.63, 3.8) is 0 Å². The fourth-order valence-corrected chi connectivity index (χ4v) is 3.71. The van der Waals surface area contributed by atoms with Crippen LogP contribution in [0.1, 0.15) is 38.5 Å². The van der Waals surface area contributed by atoms with Crippen LogP contribution in [-0.2, 0) is 21.4 Å². The van der Waals surface area contributed by atoms with E-state index in [0.717, 1.165) is 23.4 Å². The molecule has 0 radical (unpaired) electrons. The summed E-state index contributed by atoms with van der Waals surface area (Å²) in [5, 5.41) is 12.4. The van der Waals surface area contributed by atoms with Crippen molar-refractivity contribution in [2.45, 2.75) is 50.0 Å². The average molecular weight is 315 g/mol. The molecule has 21 heavy (non-hydrogen) atoms. The smallest absolute Gasteiger partial charge is 0.325 e. The highest BCUT2D eigenvalue weighted by Crippen LogP contribution is 2.28. The summed E-state index contributed by atoms with van der Waals surface area (Å²) in [5.41, 5.74) is 0. The predicted octanol–water partition coefficient (Wildman–Crippen LogP) is 1.22. The van der Waals surface area contributed by atoms with Gasteiger partial charge in [-0.05, 0) is 18.8 Å². The highest BCUT2D eigenvalue weighted by Gasteiger charge is 2.18. The number of aromatic nitrogens is 2. The van der Waals surface area contributed by atoms with Gasteiger partial charge in [-0.2, -0.15) is 5.10 Å². The molecule has 118 valence electrons. The summed E-state index contributed by atoms with van der Waals surface area (Å²) in [6.07, 6.45) is 9.38. The van der Waals surface area contributed by atoms with Crippen molar-refractivity contribution in [1.82, 2.24) is 14.5 Å². The van der Waals surface area contributed by atoms with E-state index in [1.54, 1.807) is 0 Å². The quantitative estimate of drug-likeness (QED) is 0.702. The van der Waals surface area contributed by atoms with E-state index in [0.29, 0.717) is 6.54 Å². The Morgan fingerprint density at radius 2 is 2.14 bits per heavy atom. The number of aliphatic carboxylic acids is 1. The first-order chi connectivity index (χ1) is 9.97. The molecule has 1 aliphatic rings. The maximum Gasteiger partial charge on any atom is 0.325 e. The van der Waals surface area contributed by atoms with Gasteiger partial charge in [-0.1, -0.05) is 25.7 Å². The van der Waals surface area contributed by atoms with E-state index in [1.807, 2.05) is 0 Å². The van der Waals surface area contributed by atoms with E-state index in [2.05, 4.69) is 9.82 Å². The van der Waals surface area contributed by atoms with Crippen LogP contribution in [0.15, 0.2) is 17.3 Å². The zero-order chi connectivity index (χ0) is 15.3. The molecule has 1 saturated carbocycles. The summed E-state index contributed by atoms with van der Waals surface area (Å²) < 4.78 is 27.7. The SMILES string of the molecule is O=C(O)Cn1cc(S(=O)(=O)NCCCC2CCCC2)cn1. The first kappa shape index (κ1) is 16.0. The minimum absolute atomic E-state index is 0.00427. The zero-order valence-corrected chi connectivity index (χ0v) is 12.7. The van der Waals surface area contributed by atoms with Gasteiger partial charge in [-0.3, -0.25) is 9.48 Å². The fraction of sp³-hybridized carbons (Fsp3) is 0.692. The lowest BCUT2D eigenvalue weighted by molar-refractivity contribution is -0.137. The van der Waals surface area contributed by atoms with E-state index in [1.165, 1.54) is 38.1 Å². The Labute approximate surface area is 124 Å². The van der Waals surface area contributed by atoms with E-state index in [-0.39, 0.29) is 11.4 Å². The molecule has 1 heterocycles. The van der Waals surface area contributed by atoms with Crippen molar-refractivity contribution >= 4 is 16.0 Å². The third-order valence-corrected chi connectivity index (χ3v) is 5.19. The summed E-state index contributed by atoms with van der Waals surface area (Å²) in [4.78, 5) is 10.5. The molecule has 1 aromatic rings. The van der Waals surface area contributed by atoms with Crippen molar-refractivity contribution in [3.8, 4) is 0 Å². The minimum Gasteiger partial charge on any atom is -0.480 e. The van der Waals surface area contributed by atoms with Crippen LogP contribution < -0.4 is 4.72 Å². The minimum atomic E-state index is -3.60. The number of carboxylic acids is 1. The van der Waals surface area contributed by atoms with Crippen LogP contribution in [0.3, 0.4) is 0 Å². The molecule has 1 aliphatic carbocycles. The third-order valence-electron chi connectivity index (χ3n) is 3.77. The second-order valence-corrected chi connectivity index (χ2v) is 7.22. The second-order valence-electron chi connectivity index (χ2n) is 5.46. The molecule has 7 nitrogen and oxygen atoms in total. The van der Waals surface area contributed by atoms with Gasteiger partial charge >= 0.3 is 5.97 Å². The molecule has 0 saturated heterocycles. The van der Waals surface area contributed by atoms with Crippen LogP contribution in [0.4, 0.5) is 0 Å². The average Bonchev–Trinajstić information content (AvgIpc) is 3.05. The zero-order valence-electron chi connectivity index (χ0n) is 11.9. The molecule has 8 heteroatoms. The first-order valence-corrected chi connectivity index (χ1v) is 8.69. The van der Waals surface area contributed by atoms with Crippen LogP contribution >= 0.6 is 0 Å². The van der Waals surface area contributed by atoms with Gasteiger partial charge in [0.05, 0.1) is 6.20 Å². The Morgan fingerprint density at radius 1 is 1.43 bits per heavy atom. The largest absolute Gasteiger partial charge is 0.480 e. The Morgan fingerprint density at radius 3 is 2.81 bits per heavy atom. The van der Waals surface area contributed by atoms with Crippen LogP contribution in [0, 0.1) is 5.92 Å². The maximum absolute atomic E-state index is 12.0. The molecule has 1 fully saturated rings. The van der Waals surface area contributed by atoms with Gasteiger partial charge in [-0.25, -0.2) is 13.1 Å². The van der Waals surface area contributed by atoms with E-state index < -0.39 is 16.0 Å². The topological polar surface area (TPSA) is 101 Å². The van der Waals surface area contributed by atoms with Crippen molar-refractivity contribution in [3.05, 3.63) is 12.4 Å². The molecule has 1 aromatic heterocycles. The highest BCUT2D eigenvalue weighted by atomic mass is 32.2. The number of rotatable bonds is 8. The maximum atomic E-state index is 12.0. The van der Waals surface area contributed by atoms with Crippen LogP contribution in [-0.4, -0.2) is 35.8 Å². The second kappa shape index (κ2) is 7.04. The Kier molecular flexibility index (Phi) is 5.35. The van der Waals surface area contributed by atoms with Gasteiger partial charge in [-0.15, -0.1) is 0 Å². The van der Waals surface area contributed by atoms with Crippen LogP contribution in [0.2, 0.25) is 0 Å². The number of carbonyl (C=O) groups is 1. The summed E-state index contributed by atoms with van der Waals surface area (Å²) in [7, 11) is -3.60. The molecule has 0 amide bonds. The first-order valence-electron chi connectivity index (χ1n) is 7.21. The molecular formula is C13H21N3O4S. The van der Waals surface area contributed by atoms with Crippen LogP contribution in [0.25, 0.3) is 0 Å². The van der Waals surface area contributed by atoms with Crippen molar-refractivity contribution in [1.29, 1.82) is 0 Å². The molecule has 0 aromatic carbocycles. The van der Waals surface area contributed by atoms with Crippen LogP contribution in [0.5, 0.6) is 0 Å². The molecular weight excluding hydrogens is 294 g/mol. The summed E-state index contributed by atoms with van der Waals surface area (Å²) in [6.45, 7) is 0.0557. The molecule has 2 N–H and O–H groups in total. The van der Waals surface area contributed by atoms with Crippen molar-refractivity contribution in [2.75, 3.05) is 6.54 Å².